The molecule has 1 rings (SSSR count). The predicted octanol–water partition coefficient (Wildman–Crippen LogP) is 1.74. The Morgan fingerprint density at radius 3 is 2.57 bits per heavy atom. The Bertz CT molecular complexity index is 585. The third-order valence-corrected chi connectivity index (χ3v) is 4.21. The predicted molar refractivity (Wildman–Crippen MR) is 88.1 cm³/mol. The molecular weight excluding hydrogens is 318 g/mol. The van der Waals surface area contributed by atoms with Crippen molar-refractivity contribution in [2.45, 2.75) is 46.1 Å². The van der Waals surface area contributed by atoms with Crippen LogP contribution in [0.5, 0.6) is 0 Å². The number of nitrogens with zero attached hydrogens (tertiary/aromatic N) is 1. The number of ether oxygens (including phenoxy) is 1. The molecule has 1 heterocycles. The Labute approximate surface area is 139 Å². The zero-order valence-corrected chi connectivity index (χ0v) is 14.9. The van der Waals surface area contributed by atoms with E-state index in [1.165, 1.54) is 18.4 Å². The number of hydrogen-bond acceptors (Lipinski definition) is 6. The lowest BCUT2D eigenvalue weighted by atomic mass is 9.99. The summed E-state index contributed by atoms with van der Waals surface area (Å²) < 4.78 is 4.71. The highest BCUT2D eigenvalue weighted by Crippen LogP contribution is 2.17. The highest BCUT2D eigenvalue weighted by molar-refractivity contribution is 7.13. The first-order chi connectivity index (χ1) is 10.7. The quantitative estimate of drug-likeness (QED) is 0.736. The summed E-state index contributed by atoms with van der Waals surface area (Å²) in [6.45, 7) is 6.98. The molecule has 1 aromatic rings. The Hall–Kier alpha value is -1.96. The van der Waals surface area contributed by atoms with Gasteiger partial charge in [-0.2, -0.15) is 0 Å². The monoisotopic (exact) mass is 341 g/mol. The summed E-state index contributed by atoms with van der Waals surface area (Å²) in [7, 11) is 1.28. The van der Waals surface area contributed by atoms with Gasteiger partial charge in [-0.15, -0.1) is 11.3 Å². The van der Waals surface area contributed by atoms with Gasteiger partial charge in [0.1, 0.15) is 5.54 Å². The number of carbonyl (C=O) groups excluding carboxylic acids is 3. The van der Waals surface area contributed by atoms with Crippen molar-refractivity contribution in [3.8, 4) is 0 Å². The first kappa shape index (κ1) is 19.1. The fraction of sp³-hybridized carbons (Fsp3) is 0.600. The number of esters is 1. The van der Waals surface area contributed by atoms with E-state index in [9.17, 15) is 14.4 Å². The molecular formula is C15H23N3O4S. The standard InChI is InChI=1S/C15H23N3O4S/c1-6-15(4,13(21)22-5)18-11(19)7-10-8-23-14(16-10)17-12(20)9(2)3/h8-9H,6-7H2,1-5H3,(H,18,19)(H,16,17,20)/t15-/m1/s1. The van der Waals surface area contributed by atoms with Gasteiger partial charge in [-0.25, -0.2) is 9.78 Å². The Kier molecular flexibility index (Phi) is 6.68. The SMILES string of the molecule is CC[C@@](C)(NC(=O)Cc1csc(NC(=O)C(C)C)n1)C(=O)OC. The molecule has 0 fully saturated rings. The van der Waals surface area contributed by atoms with E-state index in [1.807, 2.05) is 0 Å². The molecule has 1 atom stereocenters. The van der Waals surface area contributed by atoms with Crippen molar-refractivity contribution in [3.05, 3.63) is 11.1 Å². The van der Waals surface area contributed by atoms with Crippen LogP contribution < -0.4 is 10.6 Å². The van der Waals surface area contributed by atoms with E-state index in [0.29, 0.717) is 17.2 Å². The number of anilines is 1. The minimum absolute atomic E-state index is 0.0284. The topological polar surface area (TPSA) is 97.4 Å². The van der Waals surface area contributed by atoms with E-state index < -0.39 is 11.5 Å². The van der Waals surface area contributed by atoms with E-state index in [0.717, 1.165) is 0 Å². The molecule has 8 heteroatoms. The van der Waals surface area contributed by atoms with E-state index in [1.54, 1.807) is 33.1 Å². The van der Waals surface area contributed by atoms with Crippen molar-refractivity contribution >= 4 is 34.3 Å². The molecule has 0 aromatic carbocycles. The van der Waals surface area contributed by atoms with Crippen molar-refractivity contribution in [3.63, 3.8) is 0 Å². The van der Waals surface area contributed by atoms with Crippen LogP contribution in [0.15, 0.2) is 5.38 Å². The molecule has 0 aliphatic carbocycles. The molecule has 2 amide bonds. The second kappa shape index (κ2) is 8.05. The number of hydrogen-bond donors (Lipinski definition) is 2. The van der Waals surface area contributed by atoms with Crippen molar-refractivity contribution in [1.82, 2.24) is 10.3 Å². The second-order valence-corrected chi connectivity index (χ2v) is 6.55. The maximum atomic E-state index is 12.1. The molecule has 2 N–H and O–H groups in total. The smallest absolute Gasteiger partial charge is 0.331 e. The second-order valence-electron chi connectivity index (χ2n) is 5.69. The summed E-state index contributed by atoms with van der Waals surface area (Å²) in [4.78, 5) is 39.7. The number of aromatic nitrogens is 1. The Balaban J connectivity index is 2.66. The van der Waals surface area contributed by atoms with Crippen LogP contribution in [0.2, 0.25) is 0 Å². The Morgan fingerprint density at radius 1 is 1.39 bits per heavy atom. The van der Waals surface area contributed by atoms with Gasteiger partial charge in [0.15, 0.2) is 5.13 Å². The van der Waals surface area contributed by atoms with Gasteiger partial charge in [0, 0.05) is 11.3 Å². The highest BCUT2D eigenvalue weighted by Gasteiger charge is 2.34. The number of thiazole rings is 1. The molecule has 128 valence electrons. The van der Waals surface area contributed by atoms with Crippen LogP contribution in [0.25, 0.3) is 0 Å². The molecule has 23 heavy (non-hydrogen) atoms. The third kappa shape index (κ3) is 5.31. The van der Waals surface area contributed by atoms with Gasteiger partial charge in [0.25, 0.3) is 0 Å². The van der Waals surface area contributed by atoms with Crippen molar-refractivity contribution < 1.29 is 19.1 Å². The lowest BCUT2D eigenvalue weighted by Gasteiger charge is -2.26. The fourth-order valence-electron chi connectivity index (χ4n) is 1.72. The van der Waals surface area contributed by atoms with Gasteiger partial charge >= 0.3 is 5.97 Å². The number of amides is 2. The van der Waals surface area contributed by atoms with Crippen LogP contribution in [-0.4, -0.2) is 35.4 Å². The molecule has 0 saturated heterocycles. The lowest BCUT2D eigenvalue weighted by molar-refractivity contribution is -0.150. The number of rotatable bonds is 7. The summed E-state index contributed by atoms with van der Waals surface area (Å²) in [6, 6.07) is 0. The lowest BCUT2D eigenvalue weighted by Crippen LogP contribution is -2.52. The molecule has 0 aliphatic heterocycles. The van der Waals surface area contributed by atoms with Crippen LogP contribution in [-0.2, 0) is 25.5 Å². The van der Waals surface area contributed by atoms with E-state index in [4.69, 9.17) is 4.74 Å². The summed E-state index contributed by atoms with van der Waals surface area (Å²) in [5, 5.41) is 7.52. The summed E-state index contributed by atoms with van der Waals surface area (Å²) in [6.07, 6.45) is 0.443. The normalized spacial score (nSPS) is 13.3. The molecule has 1 aromatic heterocycles. The third-order valence-electron chi connectivity index (χ3n) is 3.41. The van der Waals surface area contributed by atoms with Gasteiger partial charge in [0.2, 0.25) is 11.8 Å². The van der Waals surface area contributed by atoms with Crippen molar-refractivity contribution in [2.24, 2.45) is 5.92 Å². The van der Waals surface area contributed by atoms with E-state index in [-0.39, 0.29) is 24.2 Å². The number of nitrogens with one attached hydrogen (secondary N) is 2. The minimum Gasteiger partial charge on any atom is -0.467 e. The number of carbonyl (C=O) groups is 3. The van der Waals surface area contributed by atoms with Crippen molar-refractivity contribution in [1.29, 1.82) is 0 Å². The van der Waals surface area contributed by atoms with Gasteiger partial charge in [-0.05, 0) is 13.3 Å². The van der Waals surface area contributed by atoms with Crippen LogP contribution >= 0.6 is 11.3 Å². The van der Waals surface area contributed by atoms with Gasteiger partial charge in [-0.3, -0.25) is 9.59 Å². The maximum absolute atomic E-state index is 12.1. The van der Waals surface area contributed by atoms with Crippen LogP contribution in [0, 0.1) is 5.92 Å². The summed E-state index contributed by atoms with van der Waals surface area (Å²) in [5.41, 5.74) is -0.522. The average Bonchev–Trinajstić information content (AvgIpc) is 2.92. The molecule has 0 bridgehead atoms. The zero-order valence-electron chi connectivity index (χ0n) is 14.1. The summed E-state index contributed by atoms with van der Waals surface area (Å²) in [5.74, 6) is -1.08. The Morgan fingerprint density at radius 2 is 2.04 bits per heavy atom. The maximum Gasteiger partial charge on any atom is 0.331 e. The van der Waals surface area contributed by atoms with Crippen molar-refractivity contribution in [2.75, 3.05) is 12.4 Å². The zero-order chi connectivity index (χ0) is 17.6. The first-order valence-electron chi connectivity index (χ1n) is 7.36. The first-order valence-corrected chi connectivity index (χ1v) is 8.24. The molecule has 0 spiro atoms. The fourth-order valence-corrected chi connectivity index (χ4v) is 2.43. The van der Waals surface area contributed by atoms with Gasteiger partial charge < -0.3 is 15.4 Å². The van der Waals surface area contributed by atoms with Gasteiger partial charge in [-0.1, -0.05) is 20.8 Å². The molecule has 0 radical (unpaired) electrons. The van der Waals surface area contributed by atoms with Gasteiger partial charge in [0.05, 0.1) is 19.2 Å². The number of methoxy groups -OCH3 is 1. The molecule has 0 aliphatic rings. The van der Waals surface area contributed by atoms with Crippen LogP contribution in [0.3, 0.4) is 0 Å². The molecule has 0 saturated carbocycles. The van der Waals surface area contributed by atoms with Crippen LogP contribution in [0.1, 0.15) is 39.8 Å². The molecule has 0 unspecified atom stereocenters. The largest absolute Gasteiger partial charge is 0.467 e. The summed E-state index contributed by atoms with van der Waals surface area (Å²) >= 11 is 1.26. The average molecular weight is 341 g/mol. The van der Waals surface area contributed by atoms with E-state index >= 15 is 0 Å². The highest BCUT2D eigenvalue weighted by atomic mass is 32.1. The molecule has 7 nitrogen and oxygen atoms in total. The minimum atomic E-state index is -1.06. The van der Waals surface area contributed by atoms with E-state index in [2.05, 4.69) is 15.6 Å². The van der Waals surface area contributed by atoms with Crippen LogP contribution in [0.4, 0.5) is 5.13 Å².